The van der Waals surface area contributed by atoms with Crippen molar-refractivity contribution in [1.82, 2.24) is 15.1 Å². The van der Waals surface area contributed by atoms with Crippen molar-refractivity contribution >= 4 is 17.8 Å². The Balaban J connectivity index is 1.42. The maximum atomic E-state index is 14.0. The molecule has 0 bridgehead atoms. The molecule has 8 nitrogen and oxygen atoms in total. The van der Waals surface area contributed by atoms with Gasteiger partial charge in [-0.3, -0.25) is 14.5 Å². The van der Waals surface area contributed by atoms with Crippen molar-refractivity contribution in [2.45, 2.75) is 32.9 Å². The maximum absolute atomic E-state index is 14.0. The van der Waals surface area contributed by atoms with E-state index in [1.165, 1.54) is 0 Å². The summed E-state index contributed by atoms with van der Waals surface area (Å²) in [6.45, 7) is 6.37. The molecule has 5 rings (SSSR count). The summed E-state index contributed by atoms with van der Waals surface area (Å²) in [6.07, 6.45) is 0. The van der Waals surface area contributed by atoms with Gasteiger partial charge < -0.3 is 19.7 Å². The molecule has 0 radical (unpaired) electrons. The van der Waals surface area contributed by atoms with E-state index in [4.69, 9.17) is 9.47 Å². The smallest absolute Gasteiger partial charge is 0.326 e. The van der Waals surface area contributed by atoms with Crippen molar-refractivity contribution in [2.75, 3.05) is 19.9 Å². The van der Waals surface area contributed by atoms with Crippen molar-refractivity contribution in [3.05, 3.63) is 94.5 Å². The number of imide groups is 1. The molecule has 1 atom stereocenters. The van der Waals surface area contributed by atoms with E-state index in [0.717, 1.165) is 21.6 Å². The third kappa shape index (κ3) is 4.28. The number of carbonyl (C=O) groups excluding carboxylic acids is 3. The molecular formula is C29H29N3O5. The van der Waals surface area contributed by atoms with Crippen LogP contribution in [0.3, 0.4) is 0 Å². The summed E-state index contributed by atoms with van der Waals surface area (Å²) < 4.78 is 10.8. The van der Waals surface area contributed by atoms with Crippen LogP contribution in [-0.4, -0.2) is 47.5 Å². The fraction of sp³-hybridized carbons (Fsp3) is 0.276. The number of aryl methyl sites for hydroxylation is 2. The quantitative estimate of drug-likeness (QED) is 0.499. The Morgan fingerprint density at radius 1 is 0.946 bits per heavy atom. The lowest BCUT2D eigenvalue weighted by Crippen LogP contribution is -2.46. The second-order valence-electron chi connectivity index (χ2n) is 9.33. The van der Waals surface area contributed by atoms with Crippen molar-refractivity contribution < 1.29 is 23.9 Å². The van der Waals surface area contributed by atoms with E-state index in [2.05, 4.69) is 5.32 Å². The highest BCUT2D eigenvalue weighted by Crippen LogP contribution is 2.37. The number of benzene rings is 3. The number of likely N-dealkylation sites (N-methyl/N-ethyl adjacent to an activating group) is 1. The van der Waals surface area contributed by atoms with E-state index in [1.54, 1.807) is 4.90 Å². The highest BCUT2D eigenvalue weighted by atomic mass is 16.7. The minimum absolute atomic E-state index is 0.172. The van der Waals surface area contributed by atoms with Crippen LogP contribution in [-0.2, 0) is 21.7 Å². The zero-order valence-corrected chi connectivity index (χ0v) is 21.1. The third-order valence-electron chi connectivity index (χ3n) is 7.09. The predicted octanol–water partition coefficient (Wildman–Crippen LogP) is 3.88. The molecule has 3 aromatic rings. The molecular weight excluding hydrogens is 470 g/mol. The van der Waals surface area contributed by atoms with Gasteiger partial charge in [0.25, 0.3) is 5.91 Å². The molecule has 1 fully saturated rings. The van der Waals surface area contributed by atoms with Crippen LogP contribution < -0.4 is 14.8 Å². The second-order valence-corrected chi connectivity index (χ2v) is 9.33. The third-order valence-corrected chi connectivity index (χ3v) is 7.09. The minimum Gasteiger partial charge on any atom is -0.454 e. The standard InChI is InChI=1S/C29H29N3O5/c1-4-31(16-21-11-13-24-25(15-21)37-18-36-24)26(33)17-32-27(34)29(30-28(32)35,22-8-6-5-7-9-22)23-12-10-19(2)20(3)14-23/h5-15H,4,16-18H2,1-3H3,(H,30,35)/t29-/m0/s1. The molecule has 8 heteroatoms. The summed E-state index contributed by atoms with van der Waals surface area (Å²) in [4.78, 5) is 43.2. The Hall–Kier alpha value is -4.33. The molecule has 2 aliphatic rings. The summed E-state index contributed by atoms with van der Waals surface area (Å²) in [5.41, 5.74) is 2.83. The molecule has 0 aromatic heterocycles. The molecule has 2 heterocycles. The van der Waals surface area contributed by atoms with E-state index in [0.29, 0.717) is 35.7 Å². The lowest BCUT2D eigenvalue weighted by Gasteiger charge is -2.29. The normalized spacial score (nSPS) is 18.2. The Morgan fingerprint density at radius 2 is 1.70 bits per heavy atom. The highest BCUT2D eigenvalue weighted by molar-refractivity contribution is 6.11. The fourth-order valence-electron chi connectivity index (χ4n) is 4.81. The largest absolute Gasteiger partial charge is 0.454 e. The van der Waals surface area contributed by atoms with Gasteiger partial charge in [0, 0.05) is 13.1 Å². The van der Waals surface area contributed by atoms with Crippen molar-refractivity contribution in [3.8, 4) is 11.5 Å². The van der Waals surface area contributed by atoms with Crippen LogP contribution in [0.1, 0.15) is 34.7 Å². The number of ether oxygens (including phenoxy) is 2. The van der Waals surface area contributed by atoms with Crippen LogP contribution in [0, 0.1) is 13.8 Å². The molecule has 1 saturated heterocycles. The van der Waals surface area contributed by atoms with Gasteiger partial charge in [0.2, 0.25) is 12.7 Å². The Labute approximate surface area is 215 Å². The summed E-state index contributed by atoms with van der Waals surface area (Å²) in [5, 5.41) is 2.92. The van der Waals surface area contributed by atoms with Crippen LogP contribution in [0.2, 0.25) is 0 Å². The molecule has 2 aliphatic heterocycles. The number of fused-ring (bicyclic) bond motifs is 1. The number of hydrogen-bond donors (Lipinski definition) is 1. The monoisotopic (exact) mass is 499 g/mol. The first-order chi connectivity index (χ1) is 17.8. The molecule has 1 N–H and O–H groups in total. The van der Waals surface area contributed by atoms with Gasteiger partial charge in [-0.05, 0) is 60.7 Å². The van der Waals surface area contributed by atoms with E-state index in [-0.39, 0.29) is 19.2 Å². The molecule has 0 spiro atoms. The number of hydrogen-bond acceptors (Lipinski definition) is 5. The second kappa shape index (κ2) is 9.61. The lowest BCUT2D eigenvalue weighted by molar-refractivity contribution is -0.138. The zero-order valence-electron chi connectivity index (χ0n) is 21.1. The molecule has 0 unspecified atom stereocenters. The van der Waals surface area contributed by atoms with Crippen LogP contribution in [0.4, 0.5) is 4.79 Å². The number of nitrogens with zero attached hydrogens (tertiary/aromatic N) is 2. The average Bonchev–Trinajstić information content (AvgIpc) is 3.47. The Kier molecular flexibility index (Phi) is 6.33. The number of amides is 4. The molecule has 37 heavy (non-hydrogen) atoms. The van der Waals surface area contributed by atoms with Gasteiger partial charge in [-0.15, -0.1) is 0 Å². The molecule has 3 aromatic carbocycles. The van der Waals surface area contributed by atoms with Crippen LogP contribution in [0.5, 0.6) is 11.5 Å². The maximum Gasteiger partial charge on any atom is 0.326 e. The first-order valence-electron chi connectivity index (χ1n) is 12.3. The predicted molar refractivity (Wildman–Crippen MR) is 137 cm³/mol. The summed E-state index contributed by atoms with van der Waals surface area (Å²) in [6, 6.07) is 19.8. The van der Waals surface area contributed by atoms with Crippen LogP contribution >= 0.6 is 0 Å². The van der Waals surface area contributed by atoms with Gasteiger partial charge in [0.15, 0.2) is 17.0 Å². The van der Waals surface area contributed by atoms with E-state index in [9.17, 15) is 14.4 Å². The first-order valence-corrected chi connectivity index (χ1v) is 12.3. The number of urea groups is 1. The lowest BCUT2D eigenvalue weighted by atomic mass is 9.81. The van der Waals surface area contributed by atoms with E-state index >= 15 is 0 Å². The molecule has 4 amide bonds. The van der Waals surface area contributed by atoms with E-state index < -0.39 is 17.5 Å². The minimum atomic E-state index is -1.41. The Morgan fingerprint density at radius 3 is 2.43 bits per heavy atom. The first kappa shape index (κ1) is 24.4. The fourth-order valence-corrected chi connectivity index (χ4v) is 4.81. The van der Waals surface area contributed by atoms with Crippen molar-refractivity contribution in [3.63, 3.8) is 0 Å². The number of rotatable bonds is 7. The molecule has 0 aliphatic carbocycles. The zero-order chi connectivity index (χ0) is 26.2. The van der Waals surface area contributed by atoms with Crippen molar-refractivity contribution in [2.24, 2.45) is 0 Å². The number of nitrogens with one attached hydrogen (secondary N) is 1. The van der Waals surface area contributed by atoms with E-state index in [1.807, 2.05) is 87.5 Å². The topological polar surface area (TPSA) is 88.2 Å². The van der Waals surface area contributed by atoms with Gasteiger partial charge in [0.1, 0.15) is 6.54 Å². The number of carbonyl (C=O) groups is 3. The Bertz CT molecular complexity index is 1370. The average molecular weight is 500 g/mol. The van der Waals surface area contributed by atoms with Gasteiger partial charge in [-0.25, -0.2) is 4.79 Å². The SMILES string of the molecule is CCN(Cc1ccc2c(c1)OCO2)C(=O)CN1C(=O)N[C@@](c2ccccc2)(c2ccc(C)c(C)c2)C1=O. The summed E-state index contributed by atoms with van der Waals surface area (Å²) >= 11 is 0. The molecule has 190 valence electrons. The molecule has 0 saturated carbocycles. The van der Waals surface area contributed by atoms with Crippen LogP contribution in [0.15, 0.2) is 66.7 Å². The summed E-state index contributed by atoms with van der Waals surface area (Å²) in [5.74, 6) is 0.504. The van der Waals surface area contributed by atoms with Crippen LogP contribution in [0.25, 0.3) is 0 Å². The van der Waals surface area contributed by atoms with Gasteiger partial charge in [-0.2, -0.15) is 0 Å². The van der Waals surface area contributed by atoms with Crippen molar-refractivity contribution in [1.29, 1.82) is 0 Å². The van der Waals surface area contributed by atoms with Gasteiger partial charge in [-0.1, -0.05) is 54.6 Å². The summed E-state index contributed by atoms with van der Waals surface area (Å²) in [7, 11) is 0. The highest BCUT2D eigenvalue weighted by Gasteiger charge is 2.54. The van der Waals surface area contributed by atoms with Gasteiger partial charge >= 0.3 is 6.03 Å². The van der Waals surface area contributed by atoms with Gasteiger partial charge in [0.05, 0.1) is 0 Å².